The summed E-state index contributed by atoms with van der Waals surface area (Å²) in [6.45, 7) is 0.0140. The fraction of sp³-hybridized carbons (Fsp3) is 0.444. The zero-order valence-corrected chi connectivity index (χ0v) is 8.46. The van der Waals surface area contributed by atoms with Crippen LogP contribution in [0.1, 0.15) is 17.7 Å². The lowest BCUT2D eigenvalue weighted by molar-refractivity contribution is 0.146. The van der Waals surface area contributed by atoms with Crippen molar-refractivity contribution in [3.05, 3.63) is 17.3 Å². The molecule has 2 N–H and O–H groups in total. The van der Waals surface area contributed by atoms with Gasteiger partial charge >= 0.3 is 0 Å². The molecule has 1 rings (SSSR count). The third-order valence-corrected chi connectivity index (χ3v) is 1.89. The Kier molecular flexibility index (Phi) is 3.79. The largest absolute Gasteiger partial charge is 0.494 e. The van der Waals surface area contributed by atoms with Gasteiger partial charge in [0.25, 0.3) is 6.43 Å². The number of aromatic nitrogens is 1. The summed E-state index contributed by atoms with van der Waals surface area (Å²) in [7, 11) is 2.65. The van der Waals surface area contributed by atoms with Crippen molar-refractivity contribution in [3.8, 4) is 11.6 Å². The van der Waals surface area contributed by atoms with Crippen LogP contribution in [0.2, 0.25) is 0 Å². The average Bonchev–Trinajstić information content (AvgIpc) is 2.26. The lowest BCUT2D eigenvalue weighted by atomic mass is 10.2. The van der Waals surface area contributed by atoms with Crippen LogP contribution in [0.3, 0.4) is 0 Å². The predicted octanol–water partition coefficient (Wildman–Crippen LogP) is 1.50. The molecular formula is C9H12F2N2O2. The zero-order valence-electron chi connectivity index (χ0n) is 8.46. The fourth-order valence-corrected chi connectivity index (χ4v) is 1.22. The van der Waals surface area contributed by atoms with Crippen LogP contribution < -0.4 is 15.2 Å². The molecule has 0 radical (unpaired) electrons. The summed E-state index contributed by atoms with van der Waals surface area (Å²) in [4.78, 5) is 3.92. The summed E-state index contributed by atoms with van der Waals surface area (Å²) in [6.07, 6.45) is -2.65. The number of pyridine rings is 1. The molecule has 0 aliphatic carbocycles. The van der Waals surface area contributed by atoms with Gasteiger partial charge in [0.15, 0.2) is 5.75 Å². The van der Waals surface area contributed by atoms with Crippen LogP contribution in [0.5, 0.6) is 11.6 Å². The molecule has 0 amide bonds. The van der Waals surface area contributed by atoms with E-state index in [2.05, 4.69) is 4.98 Å². The number of hydrogen-bond donors (Lipinski definition) is 1. The molecule has 15 heavy (non-hydrogen) atoms. The van der Waals surface area contributed by atoms with Crippen LogP contribution in [0, 0.1) is 0 Å². The molecular weight excluding hydrogens is 206 g/mol. The second-order valence-corrected chi connectivity index (χ2v) is 2.74. The minimum Gasteiger partial charge on any atom is -0.494 e. The van der Waals surface area contributed by atoms with E-state index in [4.69, 9.17) is 15.2 Å². The van der Waals surface area contributed by atoms with Crippen molar-refractivity contribution in [3.63, 3.8) is 0 Å². The molecule has 1 aromatic rings. The van der Waals surface area contributed by atoms with Crippen molar-refractivity contribution in [2.45, 2.75) is 13.0 Å². The number of ether oxygens (including phenoxy) is 2. The van der Waals surface area contributed by atoms with Crippen molar-refractivity contribution >= 4 is 0 Å². The Bertz CT molecular complexity index is 345. The summed E-state index contributed by atoms with van der Waals surface area (Å²) in [5.41, 5.74) is 5.37. The molecule has 0 atom stereocenters. The van der Waals surface area contributed by atoms with E-state index < -0.39 is 6.43 Å². The maximum Gasteiger partial charge on any atom is 0.267 e. The number of rotatable bonds is 4. The second kappa shape index (κ2) is 4.88. The second-order valence-electron chi connectivity index (χ2n) is 2.74. The molecule has 1 aromatic heterocycles. The van der Waals surface area contributed by atoms with Crippen molar-refractivity contribution in [1.82, 2.24) is 4.98 Å². The van der Waals surface area contributed by atoms with Gasteiger partial charge in [-0.25, -0.2) is 13.8 Å². The quantitative estimate of drug-likeness (QED) is 0.831. The maximum absolute atomic E-state index is 12.6. The molecule has 84 valence electrons. The fourth-order valence-electron chi connectivity index (χ4n) is 1.22. The van der Waals surface area contributed by atoms with E-state index in [1.807, 2.05) is 0 Å². The van der Waals surface area contributed by atoms with Gasteiger partial charge < -0.3 is 15.2 Å². The highest BCUT2D eigenvalue weighted by Gasteiger charge is 2.19. The smallest absolute Gasteiger partial charge is 0.267 e. The number of alkyl halides is 2. The van der Waals surface area contributed by atoms with E-state index in [-0.39, 0.29) is 29.4 Å². The van der Waals surface area contributed by atoms with E-state index in [1.165, 1.54) is 14.2 Å². The molecule has 0 saturated heterocycles. The van der Waals surface area contributed by atoms with Crippen molar-refractivity contribution in [2.75, 3.05) is 14.2 Å². The van der Waals surface area contributed by atoms with Gasteiger partial charge in [0.05, 0.1) is 19.8 Å². The predicted molar refractivity (Wildman–Crippen MR) is 50.2 cm³/mol. The van der Waals surface area contributed by atoms with Gasteiger partial charge in [-0.3, -0.25) is 0 Å². The van der Waals surface area contributed by atoms with Gasteiger partial charge in [-0.05, 0) is 0 Å². The van der Waals surface area contributed by atoms with Crippen LogP contribution in [0.25, 0.3) is 0 Å². The molecule has 0 spiro atoms. The highest BCUT2D eigenvalue weighted by Crippen LogP contribution is 2.33. The molecule has 0 bridgehead atoms. The van der Waals surface area contributed by atoms with Gasteiger partial charge in [-0.2, -0.15) is 0 Å². The minimum absolute atomic E-state index is 0.0140. The van der Waals surface area contributed by atoms with Gasteiger partial charge in [0.1, 0.15) is 5.69 Å². The number of nitrogens with zero attached hydrogens (tertiary/aromatic N) is 1. The summed E-state index contributed by atoms with van der Waals surface area (Å²) >= 11 is 0. The van der Waals surface area contributed by atoms with E-state index in [0.29, 0.717) is 0 Å². The highest BCUT2D eigenvalue weighted by atomic mass is 19.3. The molecule has 0 aliphatic rings. The van der Waals surface area contributed by atoms with E-state index in [9.17, 15) is 8.78 Å². The van der Waals surface area contributed by atoms with E-state index in [1.54, 1.807) is 0 Å². The number of nitrogens with two attached hydrogens (primary N) is 1. The molecule has 0 fully saturated rings. The SMILES string of the molecule is COc1cc(C(F)F)c(OC)c(CN)n1. The van der Waals surface area contributed by atoms with Gasteiger partial charge in [0, 0.05) is 12.6 Å². The molecule has 0 aliphatic heterocycles. The Morgan fingerprint density at radius 1 is 1.40 bits per heavy atom. The number of methoxy groups -OCH3 is 2. The van der Waals surface area contributed by atoms with Crippen molar-refractivity contribution < 1.29 is 18.3 Å². The molecule has 1 heterocycles. The molecule has 0 unspecified atom stereocenters. The van der Waals surface area contributed by atoms with Crippen LogP contribution in [0.4, 0.5) is 8.78 Å². The molecule has 4 nitrogen and oxygen atoms in total. The lowest BCUT2D eigenvalue weighted by Gasteiger charge is -2.12. The maximum atomic E-state index is 12.6. The van der Waals surface area contributed by atoms with Crippen LogP contribution >= 0.6 is 0 Å². The highest BCUT2D eigenvalue weighted by molar-refractivity contribution is 5.41. The standard InChI is InChI=1S/C9H12F2N2O2/c1-14-7-3-5(9(10)11)8(15-2)6(4-12)13-7/h3,9H,4,12H2,1-2H3. The zero-order chi connectivity index (χ0) is 11.4. The Morgan fingerprint density at radius 3 is 2.47 bits per heavy atom. The van der Waals surface area contributed by atoms with E-state index >= 15 is 0 Å². The van der Waals surface area contributed by atoms with Crippen molar-refractivity contribution in [2.24, 2.45) is 5.73 Å². The normalized spacial score (nSPS) is 10.5. The summed E-state index contributed by atoms with van der Waals surface area (Å²) < 4.78 is 34.9. The van der Waals surface area contributed by atoms with Crippen molar-refractivity contribution in [1.29, 1.82) is 0 Å². The Morgan fingerprint density at radius 2 is 2.07 bits per heavy atom. The average molecular weight is 218 g/mol. The summed E-state index contributed by atoms with van der Waals surface area (Å²) in [5, 5.41) is 0. The van der Waals surface area contributed by atoms with Crippen LogP contribution in [0.15, 0.2) is 6.07 Å². The molecule has 0 saturated carbocycles. The summed E-state index contributed by atoms with van der Waals surface area (Å²) in [5.74, 6) is 0.125. The topological polar surface area (TPSA) is 57.4 Å². The first-order chi connectivity index (χ1) is 7.13. The number of hydrogen-bond acceptors (Lipinski definition) is 4. The monoisotopic (exact) mass is 218 g/mol. The number of halogens is 2. The molecule has 6 heteroatoms. The van der Waals surface area contributed by atoms with E-state index in [0.717, 1.165) is 6.07 Å². The molecule has 0 aromatic carbocycles. The third-order valence-electron chi connectivity index (χ3n) is 1.89. The first-order valence-corrected chi connectivity index (χ1v) is 4.24. The Hall–Kier alpha value is -1.43. The van der Waals surface area contributed by atoms with Gasteiger partial charge in [-0.1, -0.05) is 0 Å². The Labute approximate surface area is 86.0 Å². The first-order valence-electron chi connectivity index (χ1n) is 4.24. The lowest BCUT2D eigenvalue weighted by Crippen LogP contribution is -2.07. The first kappa shape index (κ1) is 11.6. The third kappa shape index (κ3) is 2.33. The Balaban J connectivity index is 3.32. The summed E-state index contributed by atoms with van der Waals surface area (Å²) in [6, 6.07) is 1.14. The van der Waals surface area contributed by atoms with Gasteiger partial charge in [-0.15, -0.1) is 0 Å². The van der Waals surface area contributed by atoms with Crippen LogP contribution in [-0.4, -0.2) is 19.2 Å². The van der Waals surface area contributed by atoms with Gasteiger partial charge in [0.2, 0.25) is 5.88 Å². The van der Waals surface area contributed by atoms with Crippen LogP contribution in [-0.2, 0) is 6.54 Å². The minimum atomic E-state index is -2.65.